The third-order valence-corrected chi connectivity index (χ3v) is 2.98. The number of aromatic nitrogens is 1. The van der Waals surface area contributed by atoms with Crippen LogP contribution in [0.3, 0.4) is 0 Å². The number of carboxylic acid groups (broad SMARTS) is 1. The number of nitrogen functional groups attached to an aromatic ring is 1. The van der Waals surface area contributed by atoms with Crippen molar-refractivity contribution in [2.45, 2.75) is 0 Å². The Morgan fingerprint density at radius 2 is 1.78 bits per heavy atom. The second-order valence-corrected chi connectivity index (χ2v) is 4.05. The maximum atomic E-state index is 11.2. The van der Waals surface area contributed by atoms with Crippen molar-refractivity contribution < 1.29 is 9.90 Å². The highest BCUT2D eigenvalue weighted by Gasteiger charge is 2.13. The van der Waals surface area contributed by atoms with Gasteiger partial charge in [-0.05, 0) is 18.2 Å². The number of hydrogen-bond acceptors (Lipinski definition) is 3. The van der Waals surface area contributed by atoms with Crippen molar-refractivity contribution in [1.29, 1.82) is 0 Å². The van der Waals surface area contributed by atoms with Gasteiger partial charge in [0.25, 0.3) is 0 Å². The van der Waals surface area contributed by atoms with E-state index in [2.05, 4.69) is 4.98 Å². The van der Waals surface area contributed by atoms with Crippen LogP contribution in [0.1, 0.15) is 10.4 Å². The van der Waals surface area contributed by atoms with Crippen molar-refractivity contribution in [2.24, 2.45) is 0 Å². The van der Waals surface area contributed by atoms with E-state index in [0.29, 0.717) is 16.6 Å². The highest BCUT2D eigenvalue weighted by molar-refractivity contribution is 6.14. The van der Waals surface area contributed by atoms with Crippen LogP contribution in [0, 0.1) is 0 Å². The van der Waals surface area contributed by atoms with Crippen molar-refractivity contribution in [3.05, 3.63) is 48.0 Å². The Kier molecular flexibility index (Phi) is 2.16. The molecule has 0 radical (unpaired) electrons. The van der Waals surface area contributed by atoms with Crippen LogP contribution in [-0.2, 0) is 0 Å². The van der Waals surface area contributed by atoms with Crippen LogP contribution >= 0.6 is 0 Å². The molecule has 0 atom stereocenters. The molecule has 0 aliphatic rings. The van der Waals surface area contributed by atoms with Gasteiger partial charge in [0, 0.05) is 10.8 Å². The normalized spacial score (nSPS) is 10.9. The zero-order chi connectivity index (χ0) is 12.7. The van der Waals surface area contributed by atoms with Gasteiger partial charge in [0.05, 0.1) is 22.3 Å². The van der Waals surface area contributed by atoms with Crippen molar-refractivity contribution in [3.63, 3.8) is 0 Å². The molecule has 0 aliphatic carbocycles. The minimum atomic E-state index is -0.996. The van der Waals surface area contributed by atoms with Crippen molar-refractivity contribution in [1.82, 2.24) is 4.98 Å². The molecule has 0 amide bonds. The zero-order valence-electron chi connectivity index (χ0n) is 9.42. The first-order chi connectivity index (χ1) is 8.68. The van der Waals surface area contributed by atoms with Gasteiger partial charge in [-0.15, -0.1) is 0 Å². The summed E-state index contributed by atoms with van der Waals surface area (Å²) in [6, 6.07) is 12.4. The van der Waals surface area contributed by atoms with Crippen LogP contribution in [0.5, 0.6) is 0 Å². The largest absolute Gasteiger partial charge is 0.478 e. The molecule has 3 aromatic rings. The molecule has 0 spiro atoms. The lowest BCUT2D eigenvalue weighted by molar-refractivity contribution is 0.0699. The zero-order valence-corrected chi connectivity index (χ0v) is 9.42. The van der Waals surface area contributed by atoms with Crippen LogP contribution in [-0.4, -0.2) is 16.1 Å². The van der Waals surface area contributed by atoms with Crippen LogP contribution in [0.15, 0.2) is 42.5 Å². The molecular formula is C14H10N2O2. The first kappa shape index (κ1) is 10.5. The molecular weight excluding hydrogens is 228 g/mol. The average Bonchev–Trinajstić information content (AvgIpc) is 2.38. The first-order valence-electron chi connectivity index (χ1n) is 5.48. The molecule has 18 heavy (non-hydrogen) atoms. The fraction of sp³-hybridized carbons (Fsp3) is 0. The van der Waals surface area contributed by atoms with Gasteiger partial charge in [-0.25, -0.2) is 9.78 Å². The van der Waals surface area contributed by atoms with Crippen LogP contribution < -0.4 is 5.73 Å². The Hall–Kier alpha value is -2.62. The number of nitrogens with zero attached hydrogens (tertiary/aromatic N) is 1. The van der Waals surface area contributed by atoms with Gasteiger partial charge in [0.2, 0.25) is 0 Å². The Bertz CT molecular complexity index is 781. The Morgan fingerprint density at radius 1 is 1.06 bits per heavy atom. The number of benzene rings is 2. The maximum Gasteiger partial charge on any atom is 0.336 e. The third kappa shape index (κ3) is 1.39. The summed E-state index contributed by atoms with van der Waals surface area (Å²) in [6.07, 6.45) is 0. The lowest BCUT2D eigenvalue weighted by Crippen LogP contribution is -2.01. The summed E-state index contributed by atoms with van der Waals surface area (Å²) in [6.45, 7) is 0. The molecule has 0 saturated carbocycles. The fourth-order valence-corrected chi connectivity index (χ4v) is 2.16. The van der Waals surface area contributed by atoms with E-state index in [4.69, 9.17) is 5.73 Å². The number of hydrogen-bond donors (Lipinski definition) is 2. The van der Waals surface area contributed by atoms with Crippen molar-refractivity contribution in [3.8, 4) is 0 Å². The number of fused-ring (bicyclic) bond motifs is 2. The molecule has 0 fully saturated rings. The van der Waals surface area contributed by atoms with Crippen molar-refractivity contribution in [2.75, 3.05) is 5.73 Å². The van der Waals surface area contributed by atoms with E-state index in [-0.39, 0.29) is 5.56 Å². The lowest BCUT2D eigenvalue weighted by Gasteiger charge is -2.08. The van der Waals surface area contributed by atoms with E-state index in [1.807, 2.05) is 24.3 Å². The second kappa shape index (κ2) is 3.70. The van der Waals surface area contributed by atoms with Gasteiger partial charge >= 0.3 is 5.97 Å². The molecule has 0 aliphatic heterocycles. The molecule has 4 heteroatoms. The summed E-state index contributed by atoms with van der Waals surface area (Å²) in [5, 5.41) is 10.5. The number of aromatic carboxylic acids is 1. The van der Waals surface area contributed by atoms with Gasteiger partial charge in [0.1, 0.15) is 0 Å². The molecule has 0 saturated heterocycles. The van der Waals surface area contributed by atoms with E-state index >= 15 is 0 Å². The number of para-hydroxylation sites is 1. The number of carbonyl (C=O) groups is 1. The fourth-order valence-electron chi connectivity index (χ4n) is 2.16. The molecule has 4 nitrogen and oxygen atoms in total. The maximum absolute atomic E-state index is 11.2. The number of nitrogens with two attached hydrogens (primary N) is 1. The summed E-state index contributed by atoms with van der Waals surface area (Å²) >= 11 is 0. The van der Waals surface area contributed by atoms with E-state index in [0.717, 1.165) is 10.9 Å². The molecule has 1 heterocycles. The van der Waals surface area contributed by atoms with E-state index in [9.17, 15) is 9.90 Å². The summed E-state index contributed by atoms with van der Waals surface area (Å²) < 4.78 is 0. The summed E-state index contributed by atoms with van der Waals surface area (Å²) in [7, 11) is 0. The number of pyridine rings is 1. The predicted molar refractivity (Wildman–Crippen MR) is 70.6 cm³/mol. The molecule has 1 aromatic heterocycles. The third-order valence-electron chi connectivity index (χ3n) is 2.98. The highest BCUT2D eigenvalue weighted by Crippen LogP contribution is 2.30. The minimum Gasteiger partial charge on any atom is -0.478 e. The van der Waals surface area contributed by atoms with Crippen LogP contribution in [0.25, 0.3) is 21.8 Å². The SMILES string of the molecule is Nc1c2ccccc2nc2cccc(C(=O)O)c12. The Balaban J connectivity index is 2.57. The Labute approximate surface area is 103 Å². The first-order valence-corrected chi connectivity index (χ1v) is 5.48. The topological polar surface area (TPSA) is 76.2 Å². The summed E-state index contributed by atoms with van der Waals surface area (Å²) in [5.41, 5.74) is 8.11. The van der Waals surface area contributed by atoms with Gasteiger partial charge in [0.15, 0.2) is 0 Å². The smallest absolute Gasteiger partial charge is 0.336 e. The lowest BCUT2D eigenvalue weighted by atomic mass is 10.0. The van der Waals surface area contributed by atoms with Gasteiger partial charge in [-0.1, -0.05) is 24.3 Å². The van der Waals surface area contributed by atoms with E-state index < -0.39 is 5.97 Å². The molecule has 3 N–H and O–H groups in total. The molecule has 2 aromatic carbocycles. The van der Waals surface area contributed by atoms with Crippen LogP contribution in [0.4, 0.5) is 5.69 Å². The average molecular weight is 238 g/mol. The van der Waals surface area contributed by atoms with E-state index in [1.54, 1.807) is 12.1 Å². The second-order valence-electron chi connectivity index (χ2n) is 4.05. The monoisotopic (exact) mass is 238 g/mol. The van der Waals surface area contributed by atoms with Crippen molar-refractivity contribution >= 4 is 33.5 Å². The standard InChI is InChI=1S/C14H10N2O2/c15-13-8-4-1-2-6-10(8)16-11-7-3-5-9(12(11)13)14(17)18/h1-7H,(H2,15,16)(H,17,18). The highest BCUT2D eigenvalue weighted by atomic mass is 16.4. The molecule has 3 rings (SSSR count). The van der Waals surface area contributed by atoms with Crippen LogP contribution in [0.2, 0.25) is 0 Å². The number of carboxylic acids is 1. The molecule has 0 unspecified atom stereocenters. The van der Waals surface area contributed by atoms with Gasteiger partial charge in [-0.2, -0.15) is 0 Å². The molecule has 0 bridgehead atoms. The quantitative estimate of drug-likeness (QED) is 0.639. The Morgan fingerprint density at radius 3 is 2.56 bits per heavy atom. The predicted octanol–water partition coefficient (Wildman–Crippen LogP) is 2.67. The summed E-state index contributed by atoms with van der Waals surface area (Å²) in [4.78, 5) is 15.7. The summed E-state index contributed by atoms with van der Waals surface area (Å²) in [5.74, 6) is -0.996. The number of anilines is 1. The van der Waals surface area contributed by atoms with Gasteiger partial charge < -0.3 is 10.8 Å². The molecule has 88 valence electrons. The van der Waals surface area contributed by atoms with Gasteiger partial charge in [-0.3, -0.25) is 0 Å². The number of rotatable bonds is 1. The minimum absolute atomic E-state index is 0.184. The van der Waals surface area contributed by atoms with E-state index in [1.165, 1.54) is 6.07 Å².